The van der Waals surface area contributed by atoms with Gasteiger partial charge in [0, 0.05) is 17.3 Å². The summed E-state index contributed by atoms with van der Waals surface area (Å²) in [5.74, 6) is 1.26. The number of benzene rings is 2. The van der Waals surface area contributed by atoms with E-state index >= 15 is 0 Å². The van der Waals surface area contributed by atoms with Gasteiger partial charge >= 0.3 is 0 Å². The van der Waals surface area contributed by atoms with Gasteiger partial charge in [0.1, 0.15) is 18.2 Å². The van der Waals surface area contributed by atoms with E-state index in [1.54, 1.807) is 6.08 Å². The molecule has 0 amide bonds. The quantitative estimate of drug-likeness (QED) is 0.340. The molecule has 0 saturated heterocycles. The van der Waals surface area contributed by atoms with Crippen molar-refractivity contribution in [2.45, 2.75) is 24.1 Å². The number of nitrogens with zero attached hydrogens (tertiary/aromatic N) is 3. The lowest BCUT2D eigenvalue weighted by Gasteiger charge is -2.10. The van der Waals surface area contributed by atoms with E-state index in [4.69, 9.17) is 27.9 Å². The third kappa shape index (κ3) is 5.03. The van der Waals surface area contributed by atoms with Gasteiger partial charge in [-0.15, -0.1) is 16.8 Å². The molecule has 140 valence electrons. The second-order valence-corrected chi connectivity index (χ2v) is 7.30. The molecule has 0 aliphatic carbocycles. The number of hydrogen-bond donors (Lipinski definition) is 0. The van der Waals surface area contributed by atoms with E-state index in [0.29, 0.717) is 28.9 Å². The summed E-state index contributed by atoms with van der Waals surface area (Å²) in [6, 6.07) is 11.7. The average molecular weight is 424 g/mol. The summed E-state index contributed by atoms with van der Waals surface area (Å²) in [6.45, 7) is 4.47. The van der Waals surface area contributed by atoms with Crippen LogP contribution >= 0.6 is 35.0 Å². The third-order valence-electron chi connectivity index (χ3n) is 3.67. The van der Waals surface area contributed by atoms with Gasteiger partial charge in [-0.05, 0) is 29.8 Å². The van der Waals surface area contributed by atoms with Crippen molar-refractivity contribution in [2.75, 3.05) is 0 Å². The topological polar surface area (TPSA) is 39.9 Å². The van der Waals surface area contributed by atoms with Gasteiger partial charge in [0.15, 0.2) is 11.0 Å². The van der Waals surface area contributed by atoms with Crippen LogP contribution in [0.2, 0.25) is 10.0 Å². The summed E-state index contributed by atoms with van der Waals surface area (Å²) in [5, 5.41) is 10.1. The fraction of sp³-hybridized carbons (Fsp3) is 0.158. The molecule has 0 spiro atoms. The Morgan fingerprint density at radius 3 is 2.70 bits per heavy atom. The van der Waals surface area contributed by atoms with Crippen molar-refractivity contribution in [1.82, 2.24) is 14.8 Å². The van der Waals surface area contributed by atoms with Gasteiger partial charge in [-0.3, -0.25) is 4.57 Å². The molecule has 1 heterocycles. The van der Waals surface area contributed by atoms with Crippen molar-refractivity contribution in [3.63, 3.8) is 0 Å². The highest BCUT2D eigenvalue weighted by molar-refractivity contribution is 7.98. The normalized spacial score (nSPS) is 10.8. The maximum atomic E-state index is 13.1. The number of rotatable bonds is 8. The Hall–Kier alpha value is -2.02. The molecule has 4 nitrogen and oxygen atoms in total. The number of ether oxygens (including phenoxy) is 1. The van der Waals surface area contributed by atoms with Crippen molar-refractivity contribution >= 4 is 35.0 Å². The summed E-state index contributed by atoms with van der Waals surface area (Å²) in [6.07, 6.45) is 1.76. The standard InChI is InChI=1S/C19H16Cl2FN3OS/c1-2-9-25-18(11-26-17-8-7-14(22)10-16(17)21)23-24-19(25)27-12-13-5-3-4-6-15(13)20/h2-8,10H,1,9,11-12H2. The first kappa shape index (κ1) is 19.7. The highest BCUT2D eigenvalue weighted by Crippen LogP contribution is 2.28. The monoisotopic (exact) mass is 423 g/mol. The fourth-order valence-corrected chi connectivity index (χ4v) is 3.81. The van der Waals surface area contributed by atoms with E-state index in [1.807, 2.05) is 28.8 Å². The van der Waals surface area contributed by atoms with Gasteiger partial charge in [-0.1, -0.05) is 59.2 Å². The van der Waals surface area contributed by atoms with Gasteiger partial charge in [-0.2, -0.15) is 0 Å². The largest absolute Gasteiger partial charge is 0.484 e. The lowest BCUT2D eigenvalue weighted by atomic mass is 10.2. The second-order valence-electron chi connectivity index (χ2n) is 5.54. The third-order valence-corrected chi connectivity index (χ3v) is 5.35. The molecule has 0 atom stereocenters. The molecule has 0 radical (unpaired) electrons. The van der Waals surface area contributed by atoms with Crippen LogP contribution < -0.4 is 4.74 Å². The van der Waals surface area contributed by atoms with Gasteiger partial charge in [0.05, 0.1) is 5.02 Å². The molecular weight excluding hydrogens is 408 g/mol. The minimum atomic E-state index is -0.416. The molecule has 2 aromatic carbocycles. The first-order chi connectivity index (χ1) is 13.1. The van der Waals surface area contributed by atoms with Crippen LogP contribution in [0, 0.1) is 5.82 Å². The molecule has 0 aliphatic heterocycles. The van der Waals surface area contributed by atoms with Crippen LogP contribution in [0.5, 0.6) is 5.75 Å². The lowest BCUT2D eigenvalue weighted by molar-refractivity contribution is 0.289. The van der Waals surface area contributed by atoms with Crippen molar-refractivity contribution in [1.29, 1.82) is 0 Å². The lowest BCUT2D eigenvalue weighted by Crippen LogP contribution is -2.07. The van der Waals surface area contributed by atoms with Crippen LogP contribution in [0.15, 0.2) is 60.3 Å². The Kier molecular flexibility index (Phi) is 6.77. The molecule has 3 aromatic rings. The van der Waals surface area contributed by atoms with Crippen LogP contribution in [0.4, 0.5) is 4.39 Å². The van der Waals surface area contributed by atoms with Crippen LogP contribution in [0.25, 0.3) is 0 Å². The molecule has 27 heavy (non-hydrogen) atoms. The van der Waals surface area contributed by atoms with E-state index in [1.165, 1.54) is 30.0 Å². The zero-order valence-electron chi connectivity index (χ0n) is 14.2. The van der Waals surface area contributed by atoms with Crippen molar-refractivity contribution in [2.24, 2.45) is 0 Å². The number of thioether (sulfide) groups is 1. The van der Waals surface area contributed by atoms with Gasteiger partial charge in [0.2, 0.25) is 0 Å². The Morgan fingerprint density at radius 1 is 1.15 bits per heavy atom. The van der Waals surface area contributed by atoms with Gasteiger partial charge in [-0.25, -0.2) is 4.39 Å². The summed E-state index contributed by atoms with van der Waals surface area (Å²) in [7, 11) is 0. The maximum Gasteiger partial charge on any atom is 0.191 e. The number of hydrogen-bond acceptors (Lipinski definition) is 4. The Labute approximate surface area is 171 Å². The van der Waals surface area contributed by atoms with E-state index in [0.717, 1.165) is 10.7 Å². The summed E-state index contributed by atoms with van der Waals surface area (Å²) in [5.41, 5.74) is 1.02. The zero-order chi connectivity index (χ0) is 19.2. The van der Waals surface area contributed by atoms with Crippen molar-refractivity contribution in [3.05, 3.63) is 82.4 Å². The molecule has 1 aromatic heterocycles. The van der Waals surface area contributed by atoms with Crippen LogP contribution in [-0.4, -0.2) is 14.8 Å². The smallest absolute Gasteiger partial charge is 0.191 e. The molecule has 0 unspecified atom stereocenters. The molecular formula is C19H16Cl2FN3OS. The maximum absolute atomic E-state index is 13.1. The van der Waals surface area contributed by atoms with E-state index in [-0.39, 0.29) is 11.6 Å². The highest BCUT2D eigenvalue weighted by atomic mass is 35.5. The SMILES string of the molecule is C=CCn1c(COc2ccc(F)cc2Cl)nnc1SCc1ccccc1Cl. The molecule has 0 saturated carbocycles. The van der Waals surface area contributed by atoms with Gasteiger partial charge < -0.3 is 4.74 Å². The van der Waals surface area contributed by atoms with E-state index in [9.17, 15) is 4.39 Å². The van der Waals surface area contributed by atoms with Crippen molar-refractivity contribution in [3.8, 4) is 5.75 Å². The highest BCUT2D eigenvalue weighted by Gasteiger charge is 2.14. The van der Waals surface area contributed by atoms with Gasteiger partial charge in [0.25, 0.3) is 0 Å². The Balaban J connectivity index is 1.72. The molecule has 0 bridgehead atoms. The van der Waals surface area contributed by atoms with Crippen LogP contribution in [0.1, 0.15) is 11.4 Å². The van der Waals surface area contributed by atoms with Crippen LogP contribution in [-0.2, 0) is 18.9 Å². The number of aromatic nitrogens is 3. The molecule has 0 fully saturated rings. The minimum absolute atomic E-state index is 0.152. The Morgan fingerprint density at radius 2 is 1.96 bits per heavy atom. The summed E-state index contributed by atoms with van der Waals surface area (Å²) < 4.78 is 20.7. The molecule has 3 rings (SSSR count). The fourth-order valence-electron chi connectivity index (χ4n) is 2.34. The molecule has 8 heteroatoms. The second kappa shape index (κ2) is 9.26. The van der Waals surface area contributed by atoms with Crippen molar-refractivity contribution < 1.29 is 9.13 Å². The van der Waals surface area contributed by atoms with E-state index < -0.39 is 5.82 Å². The van der Waals surface area contributed by atoms with E-state index in [2.05, 4.69) is 16.8 Å². The first-order valence-electron chi connectivity index (χ1n) is 8.05. The van der Waals surface area contributed by atoms with Crippen LogP contribution in [0.3, 0.4) is 0 Å². The average Bonchev–Trinajstić information content (AvgIpc) is 3.02. The first-order valence-corrected chi connectivity index (χ1v) is 9.79. The zero-order valence-corrected chi connectivity index (χ0v) is 16.6. The Bertz CT molecular complexity index is 948. The number of halogens is 3. The predicted molar refractivity (Wildman–Crippen MR) is 107 cm³/mol. The summed E-state index contributed by atoms with van der Waals surface area (Å²) >= 11 is 13.7. The number of allylic oxidation sites excluding steroid dienone is 1. The minimum Gasteiger partial charge on any atom is -0.484 e. The predicted octanol–water partition coefficient (Wildman–Crippen LogP) is 5.78. The summed E-state index contributed by atoms with van der Waals surface area (Å²) in [4.78, 5) is 0. The molecule has 0 N–H and O–H groups in total. The molecule has 0 aliphatic rings.